The number of rotatable bonds is 5. The number of carbonyl (C=O) groups is 1. The van der Waals surface area contributed by atoms with Gasteiger partial charge in [-0.25, -0.2) is 28.1 Å². The Morgan fingerprint density at radius 3 is 2.76 bits per heavy atom. The third-order valence-electron chi connectivity index (χ3n) is 5.83. The summed E-state index contributed by atoms with van der Waals surface area (Å²) in [6.07, 6.45) is 7.03. The van der Waals surface area contributed by atoms with E-state index in [9.17, 15) is 18.0 Å². The highest BCUT2D eigenvalue weighted by Gasteiger charge is 2.26. The van der Waals surface area contributed by atoms with E-state index in [0.29, 0.717) is 12.1 Å². The highest BCUT2D eigenvalue weighted by Crippen LogP contribution is 2.30. The first-order chi connectivity index (χ1) is 16.4. The summed E-state index contributed by atoms with van der Waals surface area (Å²) < 4.78 is 44.6. The molecule has 0 aromatic carbocycles. The number of amides is 1. The second-order valence-corrected chi connectivity index (χ2v) is 8.38. The van der Waals surface area contributed by atoms with Crippen molar-refractivity contribution in [3.8, 4) is 11.4 Å². The van der Waals surface area contributed by atoms with Crippen LogP contribution in [0.1, 0.15) is 36.2 Å². The normalized spacial score (nSPS) is 18.2. The zero-order chi connectivity index (χ0) is 23.8. The topological polar surface area (TPSA) is 113 Å². The van der Waals surface area contributed by atoms with Crippen molar-refractivity contribution < 1.29 is 18.0 Å². The average Bonchev–Trinajstić information content (AvgIpc) is 3.42. The van der Waals surface area contributed by atoms with E-state index in [0.717, 1.165) is 37.6 Å². The first kappa shape index (κ1) is 21.9. The van der Waals surface area contributed by atoms with Gasteiger partial charge in [0.15, 0.2) is 23.1 Å². The van der Waals surface area contributed by atoms with Gasteiger partial charge in [-0.3, -0.25) is 9.89 Å². The number of pyridine rings is 2. The Morgan fingerprint density at radius 2 is 1.97 bits per heavy atom. The summed E-state index contributed by atoms with van der Waals surface area (Å²) >= 11 is 0. The SMILES string of the molecule is Cn1cnc(C(=O)N[C@@H]2CCC[C@H](Nc3nc(-c4[nH]nc5ncc(F)cc45)c(F)cc3F)C2)c1. The van der Waals surface area contributed by atoms with E-state index in [1.807, 2.05) is 0 Å². The lowest BCUT2D eigenvalue weighted by molar-refractivity contribution is 0.0921. The Hall–Kier alpha value is -3.96. The molecule has 0 radical (unpaired) electrons. The largest absolute Gasteiger partial charge is 0.365 e. The van der Waals surface area contributed by atoms with Gasteiger partial charge in [-0.1, -0.05) is 0 Å². The number of halogens is 3. The Labute approximate surface area is 191 Å². The van der Waals surface area contributed by atoms with Gasteiger partial charge in [-0.2, -0.15) is 5.10 Å². The van der Waals surface area contributed by atoms with Crippen LogP contribution in [0.5, 0.6) is 0 Å². The lowest BCUT2D eigenvalue weighted by atomic mass is 9.91. The van der Waals surface area contributed by atoms with Gasteiger partial charge in [0, 0.05) is 31.4 Å². The van der Waals surface area contributed by atoms with Gasteiger partial charge in [0.05, 0.1) is 23.6 Å². The molecule has 9 nitrogen and oxygen atoms in total. The number of aryl methyl sites for hydroxylation is 1. The molecule has 4 aromatic rings. The molecule has 1 aliphatic carbocycles. The Kier molecular flexibility index (Phi) is 5.64. The molecule has 34 heavy (non-hydrogen) atoms. The number of hydrogen-bond donors (Lipinski definition) is 3. The van der Waals surface area contributed by atoms with E-state index in [1.165, 1.54) is 0 Å². The number of nitrogens with one attached hydrogen (secondary N) is 3. The van der Waals surface area contributed by atoms with E-state index < -0.39 is 17.5 Å². The summed E-state index contributed by atoms with van der Waals surface area (Å²) in [5.74, 6) is -2.79. The summed E-state index contributed by atoms with van der Waals surface area (Å²) in [5.41, 5.74) is 0.419. The molecule has 1 fully saturated rings. The van der Waals surface area contributed by atoms with Crippen molar-refractivity contribution in [2.75, 3.05) is 5.32 Å². The summed E-state index contributed by atoms with van der Waals surface area (Å²) in [7, 11) is 1.78. The van der Waals surface area contributed by atoms with Crippen LogP contribution >= 0.6 is 0 Å². The van der Waals surface area contributed by atoms with E-state index in [4.69, 9.17) is 0 Å². The maximum Gasteiger partial charge on any atom is 0.271 e. The van der Waals surface area contributed by atoms with Crippen molar-refractivity contribution in [2.45, 2.75) is 37.8 Å². The Bertz CT molecular complexity index is 1370. The van der Waals surface area contributed by atoms with Crippen LogP contribution in [0.15, 0.2) is 30.9 Å². The Morgan fingerprint density at radius 1 is 1.15 bits per heavy atom. The number of hydrogen-bond acceptors (Lipinski definition) is 6. The molecule has 5 rings (SSSR count). The number of H-pyrrole nitrogens is 1. The predicted molar refractivity (Wildman–Crippen MR) is 117 cm³/mol. The number of anilines is 1. The van der Waals surface area contributed by atoms with E-state index in [1.54, 1.807) is 24.1 Å². The molecule has 12 heteroatoms. The molecule has 0 saturated heterocycles. The van der Waals surface area contributed by atoms with Gasteiger partial charge in [-0.15, -0.1) is 0 Å². The molecule has 0 aliphatic heterocycles. The van der Waals surface area contributed by atoms with Crippen LogP contribution in [-0.4, -0.2) is 47.7 Å². The van der Waals surface area contributed by atoms with Gasteiger partial charge < -0.3 is 15.2 Å². The number of carbonyl (C=O) groups excluding carboxylic acids is 1. The third kappa shape index (κ3) is 4.30. The molecule has 1 amide bonds. The third-order valence-corrected chi connectivity index (χ3v) is 5.83. The molecule has 1 saturated carbocycles. The van der Waals surface area contributed by atoms with Crippen LogP contribution < -0.4 is 10.6 Å². The van der Waals surface area contributed by atoms with Crippen LogP contribution in [0.2, 0.25) is 0 Å². The lowest BCUT2D eigenvalue weighted by Gasteiger charge is -2.30. The summed E-state index contributed by atoms with van der Waals surface area (Å²) in [5, 5.41) is 12.8. The van der Waals surface area contributed by atoms with Gasteiger partial charge in [0.2, 0.25) is 0 Å². The predicted octanol–water partition coefficient (Wildman–Crippen LogP) is 3.32. The number of aromatic nitrogens is 6. The second-order valence-electron chi connectivity index (χ2n) is 8.38. The molecule has 3 N–H and O–H groups in total. The first-order valence-electron chi connectivity index (χ1n) is 10.8. The van der Waals surface area contributed by atoms with Crippen molar-refractivity contribution in [3.05, 3.63) is 54.0 Å². The van der Waals surface area contributed by atoms with Crippen molar-refractivity contribution >= 4 is 22.8 Å². The highest BCUT2D eigenvalue weighted by molar-refractivity contribution is 5.92. The van der Waals surface area contributed by atoms with E-state index in [2.05, 4.69) is 35.8 Å². The number of imidazole rings is 1. The number of aromatic amines is 1. The van der Waals surface area contributed by atoms with Gasteiger partial charge in [0.25, 0.3) is 5.91 Å². The fourth-order valence-electron chi connectivity index (χ4n) is 4.23. The molecular formula is C22H21F3N8O. The van der Waals surface area contributed by atoms with Crippen molar-refractivity contribution in [1.29, 1.82) is 0 Å². The smallest absolute Gasteiger partial charge is 0.271 e. The minimum atomic E-state index is -0.915. The van der Waals surface area contributed by atoms with Crippen LogP contribution in [0.25, 0.3) is 22.4 Å². The molecule has 176 valence electrons. The quantitative estimate of drug-likeness (QED) is 0.412. The molecule has 1 aliphatic rings. The number of nitrogens with zero attached hydrogens (tertiary/aromatic N) is 5. The van der Waals surface area contributed by atoms with Crippen molar-refractivity contribution in [3.63, 3.8) is 0 Å². The van der Waals surface area contributed by atoms with Crippen LogP contribution in [0.3, 0.4) is 0 Å². The Balaban J connectivity index is 1.35. The lowest BCUT2D eigenvalue weighted by Crippen LogP contribution is -2.42. The average molecular weight is 470 g/mol. The molecule has 0 bridgehead atoms. The summed E-state index contributed by atoms with van der Waals surface area (Å²) in [6, 6.07) is 1.57. The molecule has 0 spiro atoms. The minimum absolute atomic E-state index is 0.103. The molecule has 4 heterocycles. The van der Waals surface area contributed by atoms with Crippen molar-refractivity contribution in [2.24, 2.45) is 7.05 Å². The zero-order valence-corrected chi connectivity index (χ0v) is 18.1. The maximum absolute atomic E-state index is 14.6. The summed E-state index contributed by atoms with van der Waals surface area (Å²) in [4.78, 5) is 24.5. The zero-order valence-electron chi connectivity index (χ0n) is 18.1. The number of fused-ring (bicyclic) bond motifs is 1. The summed E-state index contributed by atoms with van der Waals surface area (Å²) in [6.45, 7) is 0. The molecule has 4 aromatic heterocycles. The van der Waals surface area contributed by atoms with Crippen LogP contribution in [0.4, 0.5) is 19.0 Å². The van der Waals surface area contributed by atoms with Crippen LogP contribution in [0, 0.1) is 17.5 Å². The fraction of sp³-hybridized carbons (Fsp3) is 0.318. The molecule has 0 unspecified atom stereocenters. The van der Waals surface area contributed by atoms with Gasteiger partial charge in [-0.05, 0) is 31.7 Å². The van der Waals surface area contributed by atoms with Gasteiger partial charge >= 0.3 is 0 Å². The first-order valence-corrected chi connectivity index (χ1v) is 10.8. The molecule has 2 atom stereocenters. The highest BCUT2D eigenvalue weighted by atomic mass is 19.1. The fourth-order valence-corrected chi connectivity index (χ4v) is 4.23. The monoisotopic (exact) mass is 470 g/mol. The standard InChI is InChI=1S/C22H21F3N8O/c1-33-9-17(27-10-33)22(34)29-13-4-2-3-12(6-13)28-21-16(25)7-15(24)19(30-21)18-14-5-11(23)8-26-20(14)32-31-18/h5,7-10,12-13H,2-4,6H2,1H3,(H,28,30)(H,29,34)(H,26,31,32)/t12-,13+/m0/s1. The van der Waals surface area contributed by atoms with Crippen LogP contribution in [-0.2, 0) is 7.05 Å². The second kappa shape index (κ2) is 8.76. The van der Waals surface area contributed by atoms with E-state index >= 15 is 0 Å². The van der Waals surface area contributed by atoms with Gasteiger partial charge in [0.1, 0.15) is 17.2 Å². The molecular weight excluding hydrogens is 449 g/mol. The maximum atomic E-state index is 14.6. The van der Waals surface area contributed by atoms with E-state index in [-0.39, 0.29) is 46.2 Å². The van der Waals surface area contributed by atoms with Crippen molar-refractivity contribution in [1.82, 2.24) is 35.0 Å². The minimum Gasteiger partial charge on any atom is -0.365 e.